The van der Waals surface area contributed by atoms with E-state index in [4.69, 9.17) is 17.3 Å². The van der Waals surface area contributed by atoms with Crippen molar-refractivity contribution < 1.29 is 8.42 Å². The van der Waals surface area contributed by atoms with Crippen LogP contribution in [0.4, 0.5) is 5.69 Å². The molecule has 4 N–H and O–H groups in total. The predicted molar refractivity (Wildman–Crippen MR) is 77.8 cm³/mol. The summed E-state index contributed by atoms with van der Waals surface area (Å²) in [7, 11) is -3.83. The molecule has 2 aromatic rings. The molecule has 0 aliphatic carbocycles. The second-order valence-electron chi connectivity index (χ2n) is 4.21. The molecule has 0 aliphatic heterocycles. The molecule has 0 spiro atoms. The van der Waals surface area contributed by atoms with E-state index in [9.17, 15) is 8.42 Å². The van der Waals surface area contributed by atoms with Crippen LogP contribution in [-0.2, 0) is 10.0 Å². The van der Waals surface area contributed by atoms with E-state index in [0.29, 0.717) is 12.2 Å². The zero-order valence-electron chi connectivity index (χ0n) is 10.8. The van der Waals surface area contributed by atoms with Gasteiger partial charge in [-0.1, -0.05) is 24.6 Å². The zero-order valence-corrected chi connectivity index (χ0v) is 12.4. The maximum absolute atomic E-state index is 12.4. The number of aromatic amines is 1. The van der Waals surface area contributed by atoms with Crippen molar-refractivity contribution in [3.05, 3.63) is 41.4 Å². The van der Waals surface area contributed by atoms with E-state index in [1.807, 2.05) is 6.92 Å². The van der Waals surface area contributed by atoms with Crippen molar-refractivity contribution in [1.29, 1.82) is 0 Å². The first-order chi connectivity index (χ1) is 9.45. The Morgan fingerprint density at radius 2 is 2.25 bits per heavy atom. The first-order valence-corrected chi connectivity index (χ1v) is 7.87. The second-order valence-corrected chi connectivity index (χ2v) is 6.27. The number of rotatable bonds is 5. The van der Waals surface area contributed by atoms with Gasteiger partial charge in [0, 0.05) is 12.4 Å². The van der Waals surface area contributed by atoms with E-state index in [2.05, 4.69) is 14.7 Å². The number of H-pyrrole nitrogens is 1. The van der Waals surface area contributed by atoms with Gasteiger partial charge in [-0.25, -0.2) is 18.1 Å². The standard InChI is InChI=1S/C12H15ClN4O2S/c1-2-10(12-15-6-7-16-12)17-20(18,19)11-8(13)4-3-5-9(11)14/h3-7,10,17H,2,14H2,1H3,(H,15,16). The number of benzene rings is 1. The summed E-state index contributed by atoms with van der Waals surface area (Å²) in [5.74, 6) is 0.543. The number of hydrogen-bond donors (Lipinski definition) is 3. The molecule has 0 radical (unpaired) electrons. The highest BCUT2D eigenvalue weighted by molar-refractivity contribution is 7.89. The summed E-state index contributed by atoms with van der Waals surface area (Å²) in [6.07, 6.45) is 3.74. The number of halogens is 1. The third-order valence-electron chi connectivity index (χ3n) is 2.82. The Balaban J connectivity index is 2.36. The van der Waals surface area contributed by atoms with Gasteiger partial charge in [0.1, 0.15) is 10.7 Å². The Kier molecular flexibility index (Phi) is 4.32. The molecule has 0 bridgehead atoms. The molecule has 0 amide bonds. The largest absolute Gasteiger partial charge is 0.398 e. The van der Waals surface area contributed by atoms with Gasteiger partial charge in [-0.2, -0.15) is 0 Å². The Morgan fingerprint density at radius 1 is 1.50 bits per heavy atom. The molecule has 0 fully saturated rings. The monoisotopic (exact) mass is 314 g/mol. The van der Waals surface area contributed by atoms with Crippen LogP contribution in [0.5, 0.6) is 0 Å². The van der Waals surface area contributed by atoms with Gasteiger partial charge in [0.2, 0.25) is 10.0 Å². The fraction of sp³-hybridized carbons (Fsp3) is 0.250. The normalized spacial score (nSPS) is 13.3. The SMILES string of the molecule is CCC(NS(=O)(=O)c1c(N)cccc1Cl)c1ncc[nH]1. The van der Waals surface area contributed by atoms with Crippen LogP contribution in [0.1, 0.15) is 25.2 Å². The van der Waals surface area contributed by atoms with E-state index in [0.717, 1.165) is 0 Å². The molecule has 1 aromatic carbocycles. The lowest BCUT2D eigenvalue weighted by molar-refractivity contribution is 0.539. The minimum atomic E-state index is -3.83. The first kappa shape index (κ1) is 14.8. The van der Waals surface area contributed by atoms with E-state index in [-0.39, 0.29) is 15.6 Å². The number of nitrogen functional groups attached to an aromatic ring is 1. The highest BCUT2D eigenvalue weighted by atomic mass is 35.5. The summed E-state index contributed by atoms with van der Waals surface area (Å²) in [4.78, 5) is 6.85. The molecule has 0 aliphatic rings. The molecule has 1 atom stereocenters. The van der Waals surface area contributed by atoms with Crippen LogP contribution in [-0.4, -0.2) is 18.4 Å². The maximum atomic E-state index is 12.4. The van der Waals surface area contributed by atoms with Crippen molar-refractivity contribution in [2.24, 2.45) is 0 Å². The lowest BCUT2D eigenvalue weighted by atomic mass is 10.2. The third kappa shape index (κ3) is 2.95. The topological polar surface area (TPSA) is 101 Å². The molecular weight excluding hydrogens is 300 g/mol. The van der Waals surface area contributed by atoms with Crippen molar-refractivity contribution in [1.82, 2.24) is 14.7 Å². The number of hydrogen-bond acceptors (Lipinski definition) is 4. The molecule has 0 saturated heterocycles. The molecule has 2 rings (SSSR count). The first-order valence-electron chi connectivity index (χ1n) is 6.01. The molecule has 8 heteroatoms. The summed E-state index contributed by atoms with van der Waals surface area (Å²) in [6.45, 7) is 1.85. The van der Waals surface area contributed by atoms with Crippen LogP contribution in [0, 0.1) is 0 Å². The summed E-state index contributed by atoms with van der Waals surface area (Å²) < 4.78 is 27.4. The molecule has 108 valence electrons. The van der Waals surface area contributed by atoms with Crippen molar-refractivity contribution in [3.8, 4) is 0 Å². The minimum absolute atomic E-state index is 0.0896. The maximum Gasteiger partial charge on any atom is 0.244 e. The van der Waals surface area contributed by atoms with Gasteiger partial charge >= 0.3 is 0 Å². The number of nitrogens with one attached hydrogen (secondary N) is 2. The predicted octanol–water partition coefficient (Wildman–Crippen LogP) is 2.07. The van der Waals surface area contributed by atoms with Crippen LogP contribution in [0.2, 0.25) is 5.02 Å². The molecule has 6 nitrogen and oxygen atoms in total. The van der Waals surface area contributed by atoms with Crippen molar-refractivity contribution in [2.75, 3.05) is 5.73 Å². The summed E-state index contributed by atoms with van der Waals surface area (Å²) in [6, 6.07) is 4.11. The van der Waals surface area contributed by atoms with Gasteiger partial charge in [-0.3, -0.25) is 0 Å². The van der Waals surface area contributed by atoms with Gasteiger partial charge in [-0.15, -0.1) is 0 Å². The average molecular weight is 315 g/mol. The molecule has 1 heterocycles. The van der Waals surface area contributed by atoms with Gasteiger partial charge in [0.15, 0.2) is 0 Å². The third-order valence-corrected chi connectivity index (χ3v) is 4.84. The quantitative estimate of drug-likeness (QED) is 0.735. The van der Waals surface area contributed by atoms with Crippen LogP contribution < -0.4 is 10.5 Å². The molecule has 1 unspecified atom stereocenters. The second kappa shape index (κ2) is 5.82. The van der Waals surface area contributed by atoms with E-state index >= 15 is 0 Å². The fourth-order valence-electron chi connectivity index (χ4n) is 1.86. The summed E-state index contributed by atoms with van der Waals surface area (Å²) >= 11 is 5.94. The van der Waals surface area contributed by atoms with Gasteiger partial charge < -0.3 is 10.7 Å². The molecule has 0 saturated carbocycles. The molecule has 20 heavy (non-hydrogen) atoms. The van der Waals surface area contributed by atoms with Crippen LogP contribution in [0.15, 0.2) is 35.5 Å². The molecular formula is C12H15ClN4O2S. The number of sulfonamides is 1. The zero-order chi connectivity index (χ0) is 14.8. The Morgan fingerprint density at radius 3 is 2.80 bits per heavy atom. The van der Waals surface area contributed by atoms with Crippen molar-refractivity contribution in [3.63, 3.8) is 0 Å². The minimum Gasteiger partial charge on any atom is -0.398 e. The highest BCUT2D eigenvalue weighted by Gasteiger charge is 2.25. The molecule has 1 aromatic heterocycles. The number of nitrogens with two attached hydrogens (primary N) is 1. The van der Waals surface area contributed by atoms with Gasteiger partial charge in [-0.05, 0) is 18.6 Å². The average Bonchev–Trinajstić information content (AvgIpc) is 2.89. The Bertz CT molecular complexity index is 665. The van der Waals surface area contributed by atoms with Crippen molar-refractivity contribution in [2.45, 2.75) is 24.3 Å². The summed E-state index contributed by atoms with van der Waals surface area (Å²) in [5, 5.41) is 0.0896. The highest BCUT2D eigenvalue weighted by Crippen LogP contribution is 2.28. The lowest BCUT2D eigenvalue weighted by Crippen LogP contribution is -2.29. The number of imidazole rings is 1. The van der Waals surface area contributed by atoms with Crippen LogP contribution in [0.3, 0.4) is 0 Å². The number of aromatic nitrogens is 2. The smallest absolute Gasteiger partial charge is 0.244 e. The fourth-order valence-corrected chi connectivity index (χ4v) is 3.82. The van der Waals surface area contributed by atoms with Crippen LogP contribution >= 0.6 is 11.6 Å². The van der Waals surface area contributed by atoms with Crippen LogP contribution in [0.25, 0.3) is 0 Å². The Labute approximate surface area is 122 Å². The van der Waals surface area contributed by atoms with E-state index in [1.54, 1.807) is 18.5 Å². The van der Waals surface area contributed by atoms with E-state index < -0.39 is 16.1 Å². The van der Waals surface area contributed by atoms with E-state index in [1.165, 1.54) is 12.1 Å². The Hall–Kier alpha value is -1.57. The summed E-state index contributed by atoms with van der Waals surface area (Å²) in [5.41, 5.74) is 5.83. The van der Waals surface area contributed by atoms with Gasteiger partial charge in [0.25, 0.3) is 0 Å². The van der Waals surface area contributed by atoms with Crippen molar-refractivity contribution >= 4 is 27.3 Å². The van der Waals surface area contributed by atoms with Gasteiger partial charge in [0.05, 0.1) is 16.8 Å². The number of anilines is 1. The lowest BCUT2D eigenvalue weighted by Gasteiger charge is -2.16. The number of nitrogens with zero attached hydrogens (tertiary/aromatic N) is 1.